The predicted molar refractivity (Wildman–Crippen MR) is 62.2 cm³/mol. The molecule has 0 spiro atoms. The van der Waals surface area contributed by atoms with Crippen LogP contribution in [0.4, 0.5) is 4.39 Å². The topological polar surface area (TPSA) is 53.1 Å². The quantitative estimate of drug-likeness (QED) is 0.874. The highest BCUT2D eigenvalue weighted by Crippen LogP contribution is 2.20. The molecule has 17 heavy (non-hydrogen) atoms. The van der Waals surface area contributed by atoms with Crippen molar-refractivity contribution in [3.63, 3.8) is 0 Å². The van der Waals surface area contributed by atoms with Gasteiger partial charge in [-0.15, -0.1) is 0 Å². The lowest BCUT2D eigenvalue weighted by Crippen LogP contribution is -2.05. The first kappa shape index (κ1) is 11.6. The Hall–Kier alpha value is -1.88. The normalized spacial score (nSPS) is 10.5. The van der Waals surface area contributed by atoms with Gasteiger partial charge in [0.25, 0.3) is 0 Å². The second kappa shape index (κ2) is 4.97. The van der Waals surface area contributed by atoms with Crippen molar-refractivity contribution in [3.8, 4) is 5.75 Å². The minimum absolute atomic E-state index is 0.244. The molecule has 0 aliphatic heterocycles. The molecular weight excluding hydrogens is 221 g/mol. The summed E-state index contributed by atoms with van der Waals surface area (Å²) in [4.78, 5) is 0. The number of rotatable bonds is 4. The van der Waals surface area contributed by atoms with Gasteiger partial charge in [0.1, 0.15) is 0 Å². The summed E-state index contributed by atoms with van der Waals surface area (Å²) >= 11 is 0. The van der Waals surface area contributed by atoms with Gasteiger partial charge in [-0.1, -0.05) is 12.1 Å². The molecule has 1 aromatic heterocycles. The van der Waals surface area contributed by atoms with E-state index in [1.54, 1.807) is 29.1 Å². The number of benzene rings is 1. The third-order valence-electron chi connectivity index (χ3n) is 2.50. The largest absolute Gasteiger partial charge is 0.494 e. The van der Waals surface area contributed by atoms with E-state index >= 15 is 0 Å². The number of hydrogen-bond donors (Lipinski definition) is 1. The Morgan fingerprint density at radius 1 is 1.41 bits per heavy atom. The standard InChI is InChI=1S/C12H14FN3O/c1-17-11-4-2-3-9(12(11)13)8-16-6-5-10(7-14)15-16/h2-6H,7-8,14H2,1H3. The fourth-order valence-electron chi connectivity index (χ4n) is 1.61. The number of hydrogen-bond acceptors (Lipinski definition) is 3. The van der Waals surface area contributed by atoms with Crippen LogP contribution >= 0.6 is 0 Å². The van der Waals surface area contributed by atoms with Gasteiger partial charge in [0.15, 0.2) is 11.6 Å². The molecule has 2 aromatic rings. The van der Waals surface area contributed by atoms with Gasteiger partial charge in [-0.3, -0.25) is 4.68 Å². The van der Waals surface area contributed by atoms with Crippen molar-refractivity contribution >= 4 is 0 Å². The van der Waals surface area contributed by atoms with Gasteiger partial charge in [-0.2, -0.15) is 5.10 Å². The molecule has 0 unspecified atom stereocenters. The SMILES string of the molecule is COc1cccc(Cn2ccc(CN)n2)c1F. The van der Waals surface area contributed by atoms with E-state index in [-0.39, 0.29) is 11.6 Å². The summed E-state index contributed by atoms with van der Waals surface area (Å²) in [6.07, 6.45) is 1.78. The maximum absolute atomic E-state index is 13.9. The van der Waals surface area contributed by atoms with Gasteiger partial charge < -0.3 is 10.5 Å². The van der Waals surface area contributed by atoms with Crippen LogP contribution in [0.2, 0.25) is 0 Å². The van der Waals surface area contributed by atoms with Crippen LogP contribution in [0.5, 0.6) is 5.75 Å². The predicted octanol–water partition coefficient (Wildman–Crippen LogP) is 1.54. The molecular formula is C12H14FN3O. The number of nitrogens with two attached hydrogens (primary N) is 1. The lowest BCUT2D eigenvalue weighted by atomic mass is 10.2. The van der Waals surface area contributed by atoms with Crippen LogP contribution in [-0.4, -0.2) is 16.9 Å². The van der Waals surface area contributed by atoms with Crippen molar-refractivity contribution in [2.24, 2.45) is 5.73 Å². The average molecular weight is 235 g/mol. The van der Waals surface area contributed by atoms with Crippen molar-refractivity contribution in [1.82, 2.24) is 9.78 Å². The number of methoxy groups -OCH3 is 1. The van der Waals surface area contributed by atoms with Crippen LogP contribution in [0.25, 0.3) is 0 Å². The molecule has 2 N–H and O–H groups in total. The van der Waals surface area contributed by atoms with Gasteiger partial charge >= 0.3 is 0 Å². The van der Waals surface area contributed by atoms with Crippen LogP contribution in [-0.2, 0) is 13.1 Å². The van der Waals surface area contributed by atoms with E-state index in [1.165, 1.54) is 7.11 Å². The highest BCUT2D eigenvalue weighted by atomic mass is 19.1. The summed E-state index contributed by atoms with van der Waals surface area (Å²) in [6, 6.07) is 6.87. The molecule has 0 fully saturated rings. The van der Waals surface area contributed by atoms with E-state index in [0.717, 1.165) is 5.69 Å². The highest BCUT2D eigenvalue weighted by molar-refractivity contribution is 5.31. The fraction of sp³-hybridized carbons (Fsp3) is 0.250. The Bertz CT molecular complexity index is 510. The fourth-order valence-corrected chi connectivity index (χ4v) is 1.61. The molecule has 5 heteroatoms. The first-order valence-electron chi connectivity index (χ1n) is 5.28. The van der Waals surface area contributed by atoms with Crippen molar-refractivity contribution in [2.45, 2.75) is 13.1 Å². The third kappa shape index (κ3) is 2.45. The van der Waals surface area contributed by atoms with E-state index in [0.29, 0.717) is 18.7 Å². The minimum Gasteiger partial charge on any atom is -0.494 e. The number of nitrogens with zero attached hydrogens (tertiary/aromatic N) is 2. The van der Waals surface area contributed by atoms with Gasteiger partial charge in [0, 0.05) is 18.3 Å². The molecule has 0 amide bonds. The minimum atomic E-state index is -0.347. The van der Waals surface area contributed by atoms with Crippen molar-refractivity contribution in [1.29, 1.82) is 0 Å². The summed E-state index contributed by atoms with van der Waals surface area (Å²) in [7, 11) is 1.45. The molecule has 0 aliphatic rings. The second-order valence-corrected chi connectivity index (χ2v) is 3.64. The summed E-state index contributed by atoms with van der Waals surface area (Å²) in [5, 5.41) is 4.20. The van der Waals surface area contributed by atoms with E-state index in [1.807, 2.05) is 6.07 Å². The molecule has 0 saturated carbocycles. The van der Waals surface area contributed by atoms with Crippen LogP contribution in [0.15, 0.2) is 30.5 Å². The van der Waals surface area contributed by atoms with Gasteiger partial charge in [0.2, 0.25) is 0 Å². The van der Waals surface area contributed by atoms with Crippen molar-refractivity contribution < 1.29 is 9.13 Å². The molecule has 0 bridgehead atoms. The lowest BCUT2D eigenvalue weighted by molar-refractivity contribution is 0.383. The van der Waals surface area contributed by atoms with Gasteiger partial charge in [0.05, 0.1) is 19.3 Å². The summed E-state index contributed by atoms with van der Waals surface area (Å²) in [5.41, 5.74) is 6.79. The van der Waals surface area contributed by atoms with E-state index < -0.39 is 0 Å². The second-order valence-electron chi connectivity index (χ2n) is 3.64. The zero-order valence-electron chi connectivity index (χ0n) is 9.56. The number of ether oxygens (including phenoxy) is 1. The van der Waals surface area contributed by atoms with Crippen LogP contribution in [0, 0.1) is 5.82 Å². The van der Waals surface area contributed by atoms with E-state index in [2.05, 4.69) is 5.10 Å². The molecule has 0 radical (unpaired) electrons. The third-order valence-corrected chi connectivity index (χ3v) is 2.50. The lowest BCUT2D eigenvalue weighted by Gasteiger charge is -2.07. The first-order chi connectivity index (χ1) is 8.24. The smallest absolute Gasteiger partial charge is 0.170 e. The van der Waals surface area contributed by atoms with Crippen LogP contribution < -0.4 is 10.5 Å². The highest BCUT2D eigenvalue weighted by Gasteiger charge is 2.09. The zero-order chi connectivity index (χ0) is 12.3. The van der Waals surface area contributed by atoms with Gasteiger partial charge in [-0.05, 0) is 12.1 Å². The molecule has 2 rings (SSSR count). The number of aromatic nitrogens is 2. The zero-order valence-corrected chi connectivity index (χ0v) is 9.56. The maximum Gasteiger partial charge on any atom is 0.170 e. The molecule has 1 aromatic carbocycles. The van der Waals surface area contributed by atoms with E-state index in [4.69, 9.17) is 10.5 Å². The Labute approximate surface area is 98.8 Å². The van der Waals surface area contributed by atoms with Crippen molar-refractivity contribution in [2.75, 3.05) is 7.11 Å². The molecule has 0 aliphatic carbocycles. The monoisotopic (exact) mass is 235 g/mol. The molecule has 0 saturated heterocycles. The van der Waals surface area contributed by atoms with Gasteiger partial charge in [-0.25, -0.2) is 4.39 Å². The molecule has 0 atom stereocenters. The Kier molecular flexibility index (Phi) is 3.39. The summed E-state index contributed by atoms with van der Waals surface area (Å²) in [6.45, 7) is 0.747. The van der Waals surface area contributed by atoms with Crippen LogP contribution in [0.3, 0.4) is 0 Å². The maximum atomic E-state index is 13.9. The number of halogens is 1. The van der Waals surface area contributed by atoms with Crippen LogP contribution in [0.1, 0.15) is 11.3 Å². The summed E-state index contributed by atoms with van der Waals surface area (Å²) < 4.78 is 20.4. The molecule has 90 valence electrons. The summed E-state index contributed by atoms with van der Waals surface area (Å²) in [5.74, 6) is -0.103. The first-order valence-corrected chi connectivity index (χ1v) is 5.28. The Morgan fingerprint density at radius 3 is 2.88 bits per heavy atom. The molecule has 4 nitrogen and oxygen atoms in total. The van der Waals surface area contributed by atoms with Crippen molar-refractivity contribution in [3.05, 3.63) is 47.5 Å². The average Bonchev–Trinajstić information content (AvgIpc) is 2.79. The molecule has 1 heterocycles. The Balaban J connectivity index is 2.23. The Morgan fingerprint density at radius 2 is 2.24 bits per heavy atom. The van der Waals surface area contributed by atoms with E-state index in [9.17, 15) is 4.39 Å².